The van der Waals surface area contributed by atoms with Crippen LogP contribution in [-0.4, -0.2) is 11.8 Å². The number of hydrogen-bond acceptors (Lipinski definition) is 3. The molecule has 13 heavy (non-hydrogen) atoms. The quantitative estimate of drug-likeness (QED) is 0.791. The van der Waals surface area contributed by atoms with E-state index in [2.05, 4.69) is 0 Å². The Morgan fingerprint density at radius 2 is 2.23 bits per heavy atom. The molecule has 3 N–H and O–H groups in total. The van der Waals surface area contributed by atoms with Crippen LogP contribution in [0.5, 0.6) is 0 Å². The topological polar surface area (TPSA) is 59.4 Å². The fraction of sp³-hybridized carbons (Fsp3) is 0.500. The first kappa shape index (κ1) is 12.4. The summed E-state index contributed by atoms with van der Waals surface area (Å²) in [5, 5.41) is 8.65. The Hall–Kier alpha value is -0.580. The zero-order valence-corrected chi connectivity index (χ0v) is 7.89. The van der Waals surface area contributed by atoms with E-state index < -0.39 is 12.7 Å². The molecular formula is C8H13ClFNO2. The molecular weight excluding hydrogens is 197 g/mol. The molecule has 76 valence electrons. The predicted molar refractivity (Wildman–Crippen MR) is 49.4 cm³/mol. The van der Waals surface area contributed by atoms with Gasteiger partial charge in [0.2, 0.25) is 0 Å². The van der Waals surface area contributed by atoms with E-state index in [1.165, 1.54) is 0 Å². The molecule has 0 saturated heterocycles. The third-order valence-electron chi connectivity index (χ3n) is 1.62. The van der Waals surface area contributed by atoms with E-state index in [4.69, 9.17) is 15.3 Å². The van der Waals surface area contributed by atoms with Crippen LogP contribution in [0.15, 0.2) is 16.5 Å². The number of furan rings is 1. The minimum absolute atomic E-state index is 0. The molecule has 0 bridgehead atoms. The van der Waals surface area contributed by atoms with Crippen LogP contribution in [-0.2, 0) is 6.61 Å². The molecule has 1 aromatic heterocycles. The van der Waals surface area contributed by atoms with E-state index in [1.807, 2.05) is 0 Å². The van der Waals surface area contributed by atoms with Crippen LogP contribution in [0, 0.1) is 0 Å². The summed E-state index contributed by atoms with van der Waals surface area (Å²) >= 11 is 0. The summed E-state index contributed by atoms with van der Waals surface area (Å²) < 4.78 is 17.0. The number of halogens is 2. The maximum Gasteiger partial charge on any atom is 0.129 e. The van der Waals surface area contributed by atoms with E-state index in [9.17, 15) is 4.39 Å². The average Bonchev–Trinajstić information content (AvgIpc) is 2.52. The van der Waals surface area contributed by atoms with E-state index >= 15 is 0 Å². The molecule has 3 nitrogen and oxygen atoms in total. The Bertz CT molecular complexity index is 242. The normalized spacial score (nSPS) is 12.2. The summed E-state index contributed by atoms with van der Waals surface area (Å²) in [5.74, 6) is 0.982. The van der Waals surface area contributed by atoms with Gasteiger partial charge in [-0.3, -0.25) is 4.39 Å². The Labute approximate surface area is 82.1 Å². The summed E-state index contributed by atoms with van der Waals surface area (Å²) in [5.41, 5.74) is 5.56. The lowest BCUT2D eigenvalue weighted by molar-refractivity contribution is 0.240. The molecule has 0 aliphatic rings. The van der Waals surface area contributed by atoms with Crippen molar-refractivity contribution < 1.29 is 13.9 Å². The smallest absolute Gasteiger partial charge is 0.129 e. The second-order valence-corrected chi connectivity index (χ2v) is 2.55. The van der Waals surface area contributed by atoms with Crippen LogP contribution in [0.3, 0.4) is 0 Å². The van der Waals surface area contributed by atoms with E-state index in [0.29, 0.717) is 11.5 Å². The van der Waals surface area contributed by atoms with Gasteiger partial charge in [-0.15, -0.1) is 12.4 Å². The maximum atomic E-state index is 11.8. The number of rotatable bonds is 4. The van der Waals surface area contributed by atoms with Crippen LogP contribution in [0.1, 0.15) is 24.0 Å². The number of nitrogens with two attached hydrogens (primary N) is 1. The highest BCUT2D eigenvalue weighted by molar-refractivity contribution is 5.85. The van der Waals surface area contributed by atoms with Crippen LogP contribution in [0.4, 0.5) is 4.39 Å². The van der Waals surface area contributed by atoms with Crippen LogP contribution in [0.2, 0.25) is 0 Å². The Morgan fingerprint density at radius 3 is 2.69 bits per heavy atom. The Morgan fingerprint density at radius 1 is 1.54 bits per heavy atom. The molecule has 1 aromatic rings. The summed E-state index contributed by atoms with van der Waals surface area (Å²) in [6, 6.07) is 2.88. The first-order chi connectivity index (χ1) is 5.77. The first-order valence-corrected chi connectivity index (χ1v) is 3.79. The van der Waals surface area contributed by atoms with Crippen molar-refractivity contribution in [2.45, 2.75) is 19.1 Å². The third kappa shape index (κ3) is 3.34. The number of aliphatic hydroxyl groups excluding tert-OH is 1. The summed E-state index contributed by atoms with van der Waals surface area (Å²) in [7, 11) is 0. The number of hydrogen-bond donors (Lipinski definition) is 2. The molecule has 1 atom stereocenters. The molecule has 0 spiro atoms. The zero-order valence-electron chi connectivity index (χ0n) is 7.07. The van der Waals surface area contributed by atoms with Crippen molar-refractivity contribution in [2.75, 3.05) is 6.67 Å². The van der Waals surface area contributed by atoms with Gasteiger partial charge in [-0.05, 0) is 18.6 Å². The van der Waals surface area contributed by atoms with E-state index in [0.717, 1.165) is 0 Å². The van der Waals surface area contributed by atoms with Gasteiger partial charge in [0, 0.05) is 0 Å². The van der Waals surface area contributed by atoms with E-state index in [-0.39, 0.29) is 25.4 Å². The van der Waals surface area contributed by atoms with Gasteiger partial charge in [0.1, 0.15) is 18.1 Å². The van der Waals surface area contributed by atoms with Gasteiger partial charge >= 0.3 is 0 Å². The molecule has 0 amide bonds. The van der Waals surface area contributed by atoms with Crippen LogP contribution >= 0.6 is 12.4 Å². The SMILES string of the molecule is Cl.N[C@H](CCF)c1ccc(CO)o1. The van der Waals surface area contributed by atoms with Crippen molar-refractivity contribution in [1.29, 1.82) is 0 Å². The van der Waals surface area contributed by atoms with Crippen molar-refractivity contribution in [2.24, 2.45) is 5.73 Å². The van der Waals surface area contributed by atoms with Crippen molar-refractivity contribution in [3.05, 3.63) is 23.7 Å². The highest BCUT2D eigenvalue weighted by Gasteiger charge is 2.09. The summed E-state index contributed by atoms with van der Waals surface area (Å²) in [6.45, 7) is -0.612. The predicted octanol–water partition coefficient (Wildman–Crippen LogP) is 1.55. The van der Waals surface area contributed by atoms with Gasteiger partial charge in [0.25, 0.3) is 0 Å². The molecule has 1 heterocycles. The average molecular weight is 210 g/mol. The van der Waals surface area contributed by atoms with Gasteiger partial charge in [0.05, 0.1) is 12.7 Å². The fourth-order valence-corrected chi connectivity index (χ4v) is 0.939. The molecule has 0 aliphatic carbocycles. The molecule has 0 aliphatic heterocycles. The lowest BCUT2D eigenvalue weighted by Crippen LogP contribution is -2.09. The standard InChI is InChI=1S/C8H12FNO2.ClH/c9-4-3-7(10)8-2-1-6(5-11)12-8;/h1-2,7,11H,3-5,10H2;1H/t7-;/m1./s1. The second kappa shape index (κ2) is 5.96. The monoisotopic (exact) mass is 209 g/mol. The first-order valence-electron chi connectivity index (χ1n) is 3.79. The summed E-state index contributed by atoms with van der Waals surface area (Å²) in [4.78, 5) is 0. The van der Waals surface area contributed by atoms with Crippen molar-refractivity contribution in [1.82, 2.24) is 0 Å². The Balaban J connectivity index is 0.00000144. The molecule has 1 rings (SSSR count). The second-order valence-electron chi connectivity index (χ2n) is 2.55. The molecule has 0 unspecified atom stereocenters. The fourth-order valence-electron chi connectivity index (χ4n) is 0.939. The highest BCUT2D eigenvalue weighted by atomic mass is 35.5. The van der Waals surface area contributed by atoms with Gasteiger partial charge in [-0.25, -0.2) is 0 Å². The van der Waals surface area contributed by atoms with Crippen molar-refractivity contribution in [3.8, 4) is 0 Å². The Kier molecular flexibility index (Phi) is 5.70. The van der Waals surface area contributed by atoms with Gasteiger partial charge in [-0.2, -0.15) is 0 Å². The zero-order chi connectivity index (χ0) is 8.97. The summed E-state index contributed by atoms with van der Waals surface area (Å²) in [6.07, 6.45) is 0.248. The molecule has 0 radical (unpaired) electrons. The van der Waals surface area contributed by atoms with Crippen LogP contribution in [0.25, 0.3) is 0 Å². The third-order valence-corrected chi connectivity index (χ3v) is 1.62. The minimum atomic E-state index is -0.462. The molecule has 5 heteroatoms. The molecule has 0 saturated carbocycles. The van der Waals surface area contributed by atoms with Gasteiger partial charge in [-0.1, -0.05) is 0 Å². The lowest BCUT2D eigenvalue weighted by Gasteiger charge is -2.04. The number of alkyl halides is 1. The van der Waals surface area contributed by atoms with Crippen molar-refractivity contribution in [3.63, 3.8) is 0 Å². The largest absolute Gasteiger partial charge is 0.462 e. The minimum Gasteiger partial charge on any atom is -0.462 e. The molecule has 0 fully saturated rings. The van der Waals surface area contributed by atoms with Gasteiger partial charge in [0.15, 0.2) is 0 Å². The lowest BCUT2D eigenvalue weighted by atomic mass is 10.2. The van der Waals surface area contributed by atoms with Crippen molar-refractivity contribution >= 4 is 12.4 Å². The van der Waals surface area contributed by atoms with E-state index in [1.54, 1.807) is 12.1 Å². The molecule has 0 aromatic carbocycles. The van der Waals surface area contributed by atoms with Crippen LogP contribution < -0.4 is 5.73 Å². The maximum absolute atomic E-state index is 11.8. The van der Waals surface area contributed by atoms with Gasteiger partial charge < -0.3 is 15.3 Å². The number of aliphatic hydroxyl groups is 1. The highest BCUT2D eigenvalue weighted by Crippen LogP contribution is 2.17.